The van der Waals surface area contributed by atoms with Crippen LogP contribution in [0.1, 0.15) is 37.4 Å². The zero-order valence-corrected chi connectivity index (χ0v) is 13.7. The van der Waals surface area contributed by atoms with Crippen molar-refractivity contribution < 1.29 is 18.3 Å². The summed E-state index contributed by atoms with van der Waals surface area (Å²) in [6.45, 7) is 8.61. The molecule has 0 aliphatic carbocycles. The number of hydrogen-bond acceptors (Lipinski definition) is 4. The van der Waals surface area contributed by atoms with Crippen molar-refractivity contribution in [1.29, 1.82) is 0 Å². The molecule has 0 unspecified atom stereocenters. The number of sulfonamides is 1. The first-order valence-corrected chi connectivity index (χ1v) is 8.78. The number of carboxylic acids is 1. The van der Waals surface area contributed by atoms with E-state index in [0.717, 1.165) is 11.3 Å². The first kappa shape index (κ1) is 17.1. The van der Waals surface area contributed by atoms with Crippen LogP contribution >= 0.6 is 11.3 Å². The molecule has 0 fully saturated rings. The molecule has 0 aliphatic rings. The third-order valence-electron chi connectivity index (χ3n) is 3.28. The molecular formula is C13H21NO4S2. The summed E-state index contributed by atoms with van der Waals surface area (Å²) in [7, 11) is -3.63. The maximum Gasteiger partial charge on any atom is 0.345 e. The number of thiophene rings is 1. The van der Waals surface area contributed by atoms with Crippen LogP contribution < -0.4 is 4.72 Å². The van der Waals surface area contributed by atoms with Gasteiger partial charge in [0.2, 0.25) is 10.0 Å². The van der Waals surface area contributed by atoms with Gasteiger partial charge in [0.05, 0.1) is 0 Å². The minimum atomic E-state index is -3.63. The topological polar surface area (TPSA) is 83.5 Å². The Hall–Kier alpha value is -0.920. The lowest BCUT2D eigenvalue weighted by Crippen LogP contribution is -2.33. The molecule has 0 saturated carbocycles. The number of carbonyl (C=O) groups is 1. The van der Waals surface area contributed by atoms with Crippen LogP contribution in [0.2, 0.25) is 0 Å². The molecule has 0 spiro atoms. The lowest BCUT2D eigenvalue weighted by Gasteiger charge is -2.24. The van der Waals surface area contributed by atoms with Gasteiger partial charge in [-0.2, -0.15) is 0 Å². The highest BCUT2D eigenvalue weighted by molar-refractivity contribution is 7.91. The van der Waals surface area contributed by atoms with Gasteiger partial charge in [0.15, 0.2) is 0 Å². The maximum absolute atomic E-state index is 12.1. The predicted octanol–water partition coefficient (Wildman–Crippen LogP) is 2.65. The van der Waals surface area contributed by atoms with Crippen molar-refractivity contribution in [3.8, 4) is 0 Å². The van der Waals surface area contributed by atoms with Crippen molar-refractivity contribution >= 4 is 27.3 Å². The number of rotatable bonds is 7. The Morgan fingerprint density at radius 1 is 1.25 bits per heavy atom. The van der Waals surface area contributed by atoms with Gasteiger partial charge in [0.25, 0.3) is 0 Å². The molecule has 0 aromatic carbocycles. The van der Waals surface area contributed by atoms with Crippen LogP contribution in [-0.2, 0) is 10.0 Å². The Balaban J connectivity index is 2.81. The first-order chi connectivity index (χ1) is 9.15. The van der Waals surface area contributed by atoms with Gasteiger partial charge in [-0.25, -0.2) is 17.9 Å². The minimum Gasteiger partial charge on any atom is -0.477 e. The largest absolute Gasteiger partial charge is 0.477 e. The molecule has 5 nitrogen and oxygen atoms in total. The van der Waals surface area contributed by atoms with Gasteiger partial charge in [-0.05, 0) is 29.9 Å². The highest BCUT2D eigenvalue weighted by Crippen LogP contribution is 2.23. The highest BCUT2D eigenvalue weighted by Gasteiger charge is 2.23. The van der Waals surface area contributed by atoms with Crippen molar-refractivity contribution in [3.05, 3.63) is 17.0 Å². The molecule has 1 heterocycles. The van der Waals surface area contributed by atoms with Crippen LogP contribution in [0, 0.1) is 17.8 Å². The summed E-state index contributed by atoms with van der Waals surface area (Å²) in [5, 5.41) is 8.82. The highest BCUT2D eigenvalue weighted by atomic mass is 32.2. The Bertz CT molecular complexity index is 553. The average Bonchev–Trinajstić information content (AvgIpc) is 2.77. The van der Waals surface area contributed by atoms with E-state index in [-0.39, 0.29) is 15.0 Å². The first-order valence-electron chi connectivity index (χ1n) is 6.48. The third-order valence-corrected chi connectivity index (χ3v) is 6.27. The molecular weight excluding hydrogens is 298 g/mol. The lowest BCUT2D eigenvalue weighted by atomic mass is 9.86. The smallest absolute Gasteiger partial charge is 0.345 e. The number of nitrogens with one attached hydrogen (secondary N) is 1. The molecule has 114 valence electrons. The van der Waals surface area contributed by atoms with E-state index in [2.05, 4.69) is 32.4 Å². The summed E-state index contributed by atoms with van der Waals surface area (Å²) in [6.07, 6.45) is 0. The summed E-state index contributed by atoms with van der Waals surface area (Å²) in [4.78, 5) is 10.8. The van der Waals surface area contributed by atoms with Gasteiger partial charge < -0.3 is 5.11 Å². The quantitative estimate of drug-likeness (QED) is 0.809. The molecule has 1 aromatic rings. The second-order valence-corrected chi connectivity index (χ2v) is 8.51. The Morgan fingerprint density at radius 2 is 1.80 bits per heavy atom. The van der Waals surface area contributed by atoms with Gasteiger partial charge in [0.1, 0.15) is 9.09 Å². The summed E-state index contributed by atoms with van der Waals surface area (Å²) >= 11 is 0.766. The number of hydrogen-bond donors (Lipinski definition) is 2. The van der Waals surface area contributed by atoms with E-state index in [1.807, 2.05) is 0 Å². The number of aromatic carboxylic acids is 1. The fourth-order valence-corrected chi connectivity index (χ4v) is 4.36. The van der Waals surface area contributed by atoms with Gasteiger partial charge in [-0.3, -0.25) is 0 Å². The SMILES string of the molecule is CC(C)C(CNS(=O)(=O)c1ccc(C(=O)O)s1)C(C)C. The van der Waals surface area contributed by atoms with E-state index in [1.54, 1.807) is 0 Å². The van der Waals surface area contributed by atoms with E-state index in [0.29, 0.717) is 18.4 Å². The minimum absolute atomic E-state index is 0.0228. The fraction of sp³-hybridized carbons (Fsp3) is 0.615. The molecule has 0 radical (unpaired) electrons. The van der Waals surface area contributed by atoms with Crippen LogP contribution in [0.4, 0.5) is 0 Å². The summed E-state index contributed by atoms with van der Waals surface area (Å²) in [5.41, 5.74) is 0. The predicted molar refractivity (Wildman–Crippen MR) is 79.6 cm³/mol. The molecule has 1 rings (SSSR count). The van der Waals surface area contributed by atoms with Gasteiger partial charge in [-0.15, -0.1) is 11.3 Å². The van der Waals surface area contributed by atoms with Crippen molar-refractivity contribution in [1.82, 2.24) is 4.72 Å². The molecule has 0 atom stereocenters. The van der Waals surface area contributed by atoms with E-state index < -0.39 is 16.0 Å². The van der Waals surface area contributed by atoms with E-state index in [9.17, 15) is 13.2 Å². The number of carboxylic acid groups (broad SMARTS) is 1. The molecule has 20 heavy (non-hydrogen) atoms. The summed E-state index contributed by atoms with van der Waals surface area (Å²) < 4.78 is 26.9. The molecule has 2 N–H and O–H groups in total. The molecule has 0 bridgehead atoms. The van der Waals surface area contributed by atoms with E-state index in [4.69, 9.17) is 5.11 Å². The molecule has 7 heteroatoms. The van der Waals surface area contributed by atoms with Crippen molar-refractivity contribution in [2.75, 3.05) is 6.54 Å². The second kappa shape index (κ2) is 6.69. The second-order valence-electron chi connectivity index (χ2n) is 5.43. The molecule has 0 aliphatic heterocycles. The lowest BCUT2D eigenvalue weighted by molar-refractivity contribution is 0.0702. The van der Waals surface area contributed by atoms with E-state index >= 15 is 0 Å². The summed E-state index contributed by atoms with van der Waals surface area (Å²) in [5.74, 6) is -0.131. The van der Waals surface area contributed by atoms with Crippen LogP contribution in [0.25, 0.3) is 0 Å². The molecule has 0 amide bonds. The van der Waals surface area contributed by atoms with Crippen LogP contribution in [-0.4, -0.2) is 26.0 Å². The Labute approximate surface area is 124 Å². The van der Waals surface area contributed by atoms with Crippen molar-refractivity contribution in [2.24, 2.45) is 17.8 Å². The van der Waals surface area contributed by atoms with Crippen LogP contribution in [0.15, 0.2) is 16.3 Å². The maximum atomic E-state index is 12.1. The normalized spacial score (nSPS) is 12.6. The van der Waals surface area contributed by atoms with E-state index in [1.165, 1.54) is 12.1 Å². The van der Waals surface area contributed by atoms with Gasteiger partial charge in [-0.1, -0.05) is 27.7 Å². The average molecular weight is 319 g/mol. The zero-order valence-electron chi connectivity index (χ0n) is 12.1. The molecule has 0 saturated heterocycles. The standard InChI is InChI=1S/C13H21NO4S2/c1-8(2)10(9(3)4)7-14-20(17,18)12-6-5-11(19-12)13(15)16/h5-6,8-10,14H,7H2,1-4H3,(H,15,16). The Morgan fingerprint density at radius 3 is 2.20 bits per heavy atom. The van der Waals surface area contributed by atoms with Gasteiger partial charge in [0, 0.05) is 6.54 Å². The summed E-state index contributed by atoms with van der Waals surface area (Å²) in [6, 6.07) is 2.64. The molecule has 1 aromatic heterocycles. The Kier molecular flexibility index (Phi) is 5.73. The monoisotopic (exact) mass is 319 g/mol. The third kappa shape index (κ3) is 4.29. The van der Waals surface area contributed by atoms with Crippen LogP contribution in [0.5, 0.6) is 0 Å². The van der Waals surface area contributed by atoms with Crippen molar-refractivity contribution in [2.45, 2.75) is 31.9 Å². The van der Waals surface area contributed by atoms with Crippen molar-refractivity contribution in [3.63, 3.8) is 0 Å². The fourth-order valence-electron chi connectivity index (χ4n) is 2.10. The van der Waals surface area contributed by atoms with Gasteiger partial charge >= 0.3 is 5.97 Å². The van der Waals surface area contributed by atoms with Crippen LogP contribution in [0.3, 0.4) is 0 Å². The zero-order chi connectivity index (χ0) is 15.5.